The Morgan fingerprint density at radius 1 is 1.00 bits per heavy atom. The Kier molecular flexibility index (Phi) is 5.84. The molecule has 136 valence electrons. The van der Waals surface area contributed by atoms with E-state index in [0.717, 1.165) is 17.7 Å². The van der Waals surface area contributed by atoms with Crippen molar-refractivity contribution in [2.45, 2.75) is 13.3 Å². The van der Waals surface area contributed by atoms with Crippen molar-refractivity contribution in [3.63, 3.8) is 0 Å². The number of carbonyl (C=O) groups excluding carboxylic acids is 2. The van der Waals surface area contributed by atoms with Gasteiger partial charge in [-0.05, 0) is 54.5 Å². The van der Waals surface area contributed by atoms with Crippen LogP contribution in [0, 0.1) is 0 Å². The van der Waals surface area contributed by atoms with Gasteiger partial charge in [0.2, 0.25) is 5.91 Å². The summed E-state index contributed by atoms with van der Waals surface area (Å²) in [6, 6.07) is 18.0. The Morgan fingerprint density at radius 2 is 1.85 bits per heavy atom. The number of hydrogen-bond donors (Lipinski definition) is 2. The first-order valence-electron chi connectivity index (χ1n) is 8.67. The average Bonchev–Trinajstić information content (AvgIpc) is 3.21. The first kappa shape index (κ1) is 18.2. The molecule has 0 spiro atoms. The Morgan fingerprint density at radius 3 is 2.63 bits per heavy atom. The second kappa shape index (κ2) is 8.67. The Balaban J connectivity index is 1.67. The number of anilines is 2. The number of amides is 2. The van der Waals surface area contributed by atoms with Crippen LogP contribution in [0.2, 0.25) is 0 Å². The second-order valence-corrected chi connectivity index (χ2v) is 5.88. The summed E-state index contributed by atoms with van der Waals surface area (Å²) in [7, 11) is 0. The van der Waals surface area contributed by atoms with Crippen molar-refractivity contribution in [2.24, 2.45) is 0 Å². The molecule has 3 aromatic rings. The highest BCUT2D eigenvalue weighted by Crippen LogP contribution is 2.18. The summed E-state index contributed by atoms with van der Waals surface area (Å²) in [6.45, 7) is 2.04. The van der Waals surface area contributed by atoms with Gasteiger partial charge in [0, 0.05) is 23.0 Å². The van der Waals surface area contributed by atoms with Crippen LogP contribution in [0.3, 0.4) is 0 Å². The SMILES string of the molecule is CCc1ccccc1NC(=O)c1cccc(NC(=O)/C=C/c2ccco2)c1. The van der Waals surface area contributed by atoms with Gasteiger partial charge in [-0.25, -0.2) is 0 Å². The summed E-state index contributed by atoms with van der Waals surface area (Å²) in [5.41, 5.74) is 2.87. The Bertz CT molecular complexity index is 959. The highest BCUT2D eigenvalue weighted by molar-refractivity contribution is 6.06. The fraction of sp³-hybridized carbons (Fsp3) is 0.0909. The molecule has 0 aliphatic heterocycles. The molecule has 27 heavy (non-hydrogen) atoms. The molecule has 0 aliphatic rings. The van der Waals surface area contributed by atoms with Crippen LogP contribution in [0.5, 0.6) is 0 Å². The van der Waals surface area contributed by atoms with Gasteiger partial charge in [-0.3, -0.25) is 9.59 Å². The maximum Gasteiger partial charge on any atom is 0.255 e. The molecule has 1 heterocycles. The van der Waals surface area contributed by atoms with Gasteiger partial charge >= 0.3 is 0 Å². The van der Waals surface area contributed by atoms with E-state index in [1.165, 1.54) is 12.3 Å². The quantitative estimate of drug-likeness (QED) is 0.623. The number of aryl methyl sites for hydroxylation is 1. The normalized spacial score (nSPS) is 10.7. The zero-order valence-corrected chi connectivity index (χ0v) is 14.9. The molecule has 0 aliphatic carbocycles. The lowest BCUT2D eigenvalue weighted by Crippen LogP contribution is -2.14. The summed E-state index contributed by atoms with van der Waals surface area (Å²) >= 11 is 0. The molecule has 0 unspecified atom stereocenters. The molecule has 5 nitrogen and oxygen atoms in total. The minimum Gasteiger partial charge on any atom is -0.465 e. The van der Waals surface area contributed by atoms with Gasteiger partial charge in [-0.15, -0.1) is 0 Å². The molecule has 0 fully saturated rings. The van der Waals surface area contributed by atoms with Crippen LogP contribution in [-0.2, 0) is 11.2 Å². The number of para-hydroxylation sites is 1. The van der Waals surface area contributed by atoms with Crippen LogP contribution in [0.1, 0.15) is 28.6 Å². The lowest BCUT2D eigenvalue weighted by molar-refractivity contribution is -0.111. The highest BCUT2D eigenvalue weighted by Gasteiger charge is 2.09. The third-order valence-corrected chi connectivity index (χ3v) is 3.98. The van der Waals surface area contributed by atoms with Gasteiger partial charge in [-0.1, -0.05) is 31.2 Å². The topological polar surface area (TPSA) is 71.3 Å². The number of hydrogen-bond acceptors (Lipinski definition) is 3. The molecule has 0 saturated carbocycles. The largest absolute Gasteiger partial charge is 0.465 e. The predicted molar refractivity (Wildman–Crippen MR) is 107 cm³/mol. The van der Waals surface area contributed by atoms with Crippen molar-refractivity contribution >= 4 is 29.3 Å². The van der Waals surface area contributed by atoms with E-state index in [1.54, 1.807) is 42.5 Å². The van der Waals surface area contributed by atoms with Gasteiger partial charge in [0.25, 0.3) is 5.91 Å². The minimum atomic E-state index is -0.305. The molecule has 0 atom stereocenters. The molecule has 0 saturated heterocycles. The van der Waals surface area contributed by atoms with Gasteiger partial charge in [-0.2, -0.15) is 0 Å². The Labute approximate surface area is 157 Å². The number of nitrogens with one attached hydrogen (secondary N) is 2. The molecule has 1 aromatic heterocycles. The van der Waals surface area contributed by atoms with Crippen molar-refractivity contribution in [3.8, 4) is 0 Å². The van der Waals surface area contributed by atoms with E-state index in [9.17, 15) is 9.59 Å². The maximum atomic E-state index is 12.6. The standard InChI is InChI=1S/C22H20N2O3/c1-2-16-7-3-4-11-20(16)24-22(26)17-8-5-9-18(15-17)23-21(25)13-12-19-10-6-14-27-19/h3-15H,2H2,1H3,(H,23,25)(H,24,26)/b13-12+. The Hall–Kier alpha value is -3.60. The lowest BCUT2D eigenvalue weighted by atomic mass is 10.1. The van der Waals surface area contributed by atoms with Crippen molar-refractivity contribution < 1.29 is 14.0 Å². The van der Waals surface area contributed by atoms with E-state index in [2.05, 4.69) is 10.6 Å². The van der Waals surface area contributed by atoms with Crippen LogP contribution < -0.4 is 10.6 Å². The molecular weight excluding hydrogens is 340 g/mol. The van der Waals surface area contributed by atoms with E-state index in [0.29, 0.717) is 17.0 Å². The average molecular weight is 360 g/mol. The van der Waals surface area contributed by atoms with Crippen LogP contribution in [-0.4, -0.2) is 11.8 Å². The summed E-state index contributed by atoms with van der Waals surface area (Å²) < 4.78 is 5.14. The zero-order chi connectivity index (χ0) is 19.1. The summed E-state index contributed by atoms with van der Waals surface area (Å²) in [4.78, 5) is 24.6. The van der Waals surface area contributed by atoms with Crippen molar-refractivity contribution in [1.82, 2.24) is 0 Å². The van der Waals surface area contributed by atoms with Crippen molar-refractivity contribution in [2.75, 3.05) is 10.6 Å². The molecule has 5 heteroatoms. The van der Waals surface area contributed by atoms with E-state index in [1.807, 2.05) is 31.2 Å². The monoisotopic (exact) mass is 360 g/mol. The van der Waals surface area contributed by atoms with Crippen LogP contribution in [0.15, 0.2) is 77.4 Å². The highest BCUT2D eigenvalue weighted by atomic mass is 16.3. The smallest absolute Gasteiger partial charge is 0.255 e. The van der Waals surface area contributed by atoms with E-state index in [-0.39, 0.29) is 11.8 Å². The molecule has 2 N–H and O–H groups in total. The van der Waals surface area contributed by atoms with Crippen LogP contribution >= 0.6 is 0 Å². The van der Waals surface area contributed by atoms with Gasteiger partial charge in [0.05, 0.1) is 6.26 Å². The first-order chi connectivity index (χ1) is 13.2. The van der Waals surface area contributed by atoms with Crippen LogP contribution in [0.25, 0.3) is 6.08 Å². The molecular formula is C22H20N2O3. The molecule has 0 radical (unpaired) electrons. The maximum absolute atomic E-state index is 12.6. The minimum absolute atomic E-state index is 0.224. The van der Waals surface area contributed by atoms with Gasteiger partial charge < -0.3 is 15.1 Å². The van der Waals surface area contributed by atoms with Crippen LogP contribution in [0.4, 0.5) is 11.4 Å². The molecule has 2 aromatic carbocycles. The van der Waals surface area contributed by atoms with E-state index < -0.39 is 0 Å². The fourth-order valence-electron chi connectivity index (χ4n) is 2.61. The van der Waals surface area contributed by atoms with Crippen molar-refractivity contribution in [3.05, 3.63) is 89.9 Å². The van der Waals surface area contributed by atoms with Gasteiger partial charge in [0.15, 0.2) is 0 Å². The fourth-order valence-corrected chi connectivity index (χ4v) is 2.61. The van der Waals surface area contributed by atoms with E-state index in [4.69, 9.17) is 4.42 Å². The summed E-state index contributed by atoms with van der Waals surface area (Å²) in [6.07, 6.45) is 5.32. The van der Waals surface area contributed by atoms with E-state index >= 15 is 0 Å². The third-order valence-electron chi connectivity index (χ3n) is 3.98. The number of carbonyl (C=O) groups is 2. The number of rotatable bonds is 6. The number of benzene rings is 2. The molecule has 0 bridgehead atoms. The predicted octanol–water partition coefficient (Wildman–Crippen LogP) is 4.75. The lowest BCUT2D eigenvalue weighted by Gasteiger charge is -2.10. The number of furan rings is 1. The third kappa shape index (κ3) is 4.95. The summed E-state index contributed by atoms with van der Waals surface area (Å²) in [5, 5.41) is 5.66. The van der Waals surface area contributed by atoms with Crippen molar-refractivity contribution in [1.29, 1.82) is 0 Å². The van der Waals surface area contributed by atoms with Gasteiger partial charge in [0.1, 0.15) is 5.76 Å². The second-order valence-electron chi connectivity index (χ2n) is 5.88. The zero-order valence-electron chi connectivity index (χ0n) is 14.9. The molecule has 2 amide bonds. The summed E-state index contributed by atoms with van der Waals surface area (Å²) in [5.74, 6) is 0.0614. The molecule has 3 rings (SSSR count). The first-order valence-corrected chi connectivity index (χ1v) is 8.67.